The molecule has 0 saturated heterocycles. The van der Waals surface area contributed by atoms with Crippen molar-refractivity contribution in [3.63, 3.8) is 0 Å². The SMILES string of the molecule is CNS(=O)(=O)c1ccc(CCC(=O)NCc2ccc(COC(C)C)cc2)cc1. The zero-order valence-electron chi connectivity index (χ0n) is 16.6. The summed E-state index contributed by atoms with van der Waals surface area (Å²) in [7, 11) is -2.06. The molecule has 2 aromatic rings. The van der Waals surface area contributed by atoms with E-state index in [9.17, 15) is 13.2 Å². The number of aryl methyl sites for hydroxylation is 1. The molecule has 6 nitrogen and oxygen atoms in total. The monoisotopic (exact) mass is 404 g/mol. The van der Waals surface area contributed by atoms with Crippen molar-refractivity contribution < 1.29 is 17.9 Å². The Morgan fingerprint density at radius 1 is 0.964 bits per heavy atom. The average molecular weight is 405 g/mol. The van der Waals surface area contributed by atoms with Crippen molar-refractivity contribution in [1.82, 2.24) is 10.0 Å². The third kappa shape index (κ3) is 7.07. The van der Waals surface area contributed by atoms with Crippen LogP contribution in [0.15, 0.2) is 53.4 Å². The molecule has 0 saturated carbocycles. The van der Waals surface area contributed by atoms with E-state index in [2.05, 4.69) is 10.0 Å². The second-order valence-electron chi connectivity index (χ2n) is 6.80. The number of carbonyl (C=O) groups excluding carboxylic acids is 1. The summed E-state index contributed by atoms with van der Waals surface area (Å²) in [6.07, 6.45) is 1.10. The zero-order valence-corrected chi connectivity index (χ0v) is 17.4. The minimum atomic E-state index is -3.43. The van der Waals surface area contributed by atoms with Gasteiger partial charge in [-0.15, -0.1) is 0 Å². The van der Waals surface area contributed by atoms with Crippen LogP contribution in [-0.4, -0.2) is 27.5 Å². The highest BCUT2D eigenvalue weighted by molar-refractivity contribution is 7.89. The normalized spacial score (nSPS) is 11.6. The Labute approximate surface area is 167 Å². The summed E-state index contributed by atoms with van der Waals surface area (Å²) in [6, 6.07) is 14.5. The lowest BCUT2D eigenvalue weighted by Crippen LogP contribution is -2.23. The Morgan fingerprint density at radius 3 is 2.11 bits per heavy atom. The molecule has 0 fully saturated rings. The smallest absolute Gasteiger partial charge is 0.240 e. The average Bonchev–Trinajstić information content (AvgIpc) is 2.70. The summed E-state index contributed by atoms with van der Waals surface area (Å²) in [5, 5.41) is 2.91. The molecule has 0 aliphatic rings. The molecule has 28 heavy (non-hydrogen) atoms. The quantitative estimate of drug-likeness (QED) is 0.638. The van der Waals surface area contributed by atoms with Crippen molar-refractivity contribution in [3.05, 3.63) is 65.2 Å². The Morgan fingerprint density at radius 2 is 1.54 bits per heavy atom. The van der Waals surface area contributed by atoms with Crippen molar-refractivity contribution >= 4 is 15.9 Å². The highest BCUT2D eigenvalue weighted by Crippen LogP contribution is 2.12. The van der Waals surface area contributed by atoms with Gasteiger partial charge in [0.1, 0.15) is 0 Å². The van der Waals surface area contributed by atoms with Gasteiger partial charge in [0, 0.05) is 13.0 Å². The lowest BCUT2D eigenvalue weighted by atomic mass is 10.1. The van der Waals surface area contributed by atoms with E-state index in [-0.39, 0.29) is 16.9 Å². The first kappa shape index (κ1) is 22.1. The number of carbonyl (C=O) groups is 1. The maximum atomic E-state index is 12.1. The van der Waals surface area contributed by atoms with E-state index in [1.54, 1.807) is 24.3 Å². The number of nitrogens with one attached hydrogen (secondary N) is 2. The molecule has 0 aliphatic heterocycles. The van der Waals surface area contributed by atoms with E-state index in [1.807, 2.05) is 38.1 Å². The molecule has 0 heterocycles. The second-order valence-corrected chi connectivity index (χ2v) is 8.69. The van der Waals surface area contributed by atoms with Crippen molar-refractivity contribution in [2.45, 2.75) is 50.8 Å². The van der Waals surface area contributed by atoms with Gasteiger partial charge in [0.2, 0.25) is 15.9 Å². The maximum Gasteiger partial charge on any atom is 0.240 e. The highest BCUT2D eigenvalue weighted by atomic mass is 32.2. The van der Waals surface area contributed by atoms with Gasteiger partial charge in [-0.3, -0.25) is 4.79 Å². The lowest BCUT2D eigenvalue weighted by molar-refractivity contribution is -0.121. The van der Waals surface area contributed by atoms with Gasteiger partial charge in [-0.25, -0.2) is 13.1 Å². The van der Waals surface area contributed by atoms with Crippen LogP contribution in [0.25, 0.3) is 0 Å². The van der Waals surface area contributed by atoms with Crippen LogP contribution in [0.1, 0.15) is 37.0 Å². The fourth-order valence-electron chi connectivity index (χ4n) is 2.52. The third-order valence-electron chi connectivity index (χ3n) is 4.24. The predicted octanol–water partition coefficient (Wildman–Crippen LogP) is 2.77. The molecule has 152 valence electrons. The summed E-state index contributed by atoms with van der Waals surface area (Å²) in [5.74, 6) is -0.0425. The second kappa shape index (κ2) is 10.4. The fourth-order valence-corrected chi connectivity index (χ4v) is 3.25. The molecule has 0 spiro atoms. The van der Waals surface area contributed by atoms with Crippen LogP contribution in [0.4, 0.5) is 0 Å². The highest BCUT2D eigenvalue weighted by Gasteiger charge is 2.10. The van der Waals surface area contributed by atoms with E-state index >= 15 is 0 Å². The summed E-state index contributed by atoms with van der Waals surface area (Å²) >= 11 is 0. The molecule has 0 radical (unpaired) electrons. The van der Waals surface area contributed by atoms with E-state index in [1.165, 1.54) is 7.05 Å². The van der Waals surface area contributed by atoms with Gasteiger partial charge in [0.05, 0.1) is 17.6 Å². The number of amides is 1. The van der Waals surface area contributed by atoms with Gasteiger partial charge in [0.25, 0.3) is 0 Å². The standard InChI is InChI=1S/C21H28N2O4S/c1-16(2)27-15-19-6-4-18(5-7-19)14-23-21(24)13-10-17-8-11-20(12-9-17)28(25,26)22-3/h4-9,11-12,16,22H,10,13-15H2,1-3H3,(H,23,24). The Balaban J connectivity index is 1.77. The van der Waals surface area contributed by atoms with Gasteiger partial charge < -0.3 is 10.1 Å². The summed E-state index contributed by atoms with van der Waals surface area (Å²) in [4.78, 5) is 12.3. The molecular formula is C21H28N2O4S. The molecule has 1 amide bonds. The Kier molecular flexibility index (Phi) is 8.17. The molecule has 0 unspecified atom stereocenters. The van der Waals surface area contributed by atoms with Crippen molar-refractivity contribution in [2.24, 2.45) is 0 Å². The number of hydrogen-bond donors (Lipinski definition) is 2. The third-order valence-corrected chi connectivity index (χ3v) is 5.67. The number of rotatable bonds is 10. The Bertz CT molecular complexity index is 860. The van der Waals surface area contributed by atoms with Crippen LogP contribution in [0, 0.1) is 0 Å². The molecule has 2 aromatic carbocycles. The summed E-state index contributed by atoms with van der Waals surface area (Å²) in [6.45, 7) is 5.06. The fraction of sp³-hybridized carbons (Fsp3) is 0.381. The minimum absolute atomic E-state index is 0.0425. The molecule has 0 aliphatic carbocycles. The predicted molar refractivity (Wildman–Crippen MR) is 109 cm³/mol. The maximum absolute atomic E-state index is 12.1. The van der Waals surface area contributed by atoms with E-state index in [0.717, 1.165) is 16.7 Å². The minimum Gasteiger partial charge on any atom is -0.374 e. The largest absolute Gasteiger partial charge is 0.374 e. The van der Waals surface area contributed by atoms with Crippen LogP contribution in [0.3, 0.4) is 0 Å². The van der Waals surface area contributed by atoms with E-state index < -0.39 is 10.0 Å². The zero-order chi connectivity index (χ0) is 20.6. The van der Waals surface area contributed by atoms with Crippen LogP contribution in [0.2, 0.25) is 0 Å². The summed E-state index contributed by atoms with van der Waals surface area (Å²) in [5.41, 5.74) is 3.05. The number of benzene rings is 2. The lowest BCUT2D eigenvalue weighted by Gasteiger charge is -2.09. The van der Waals surface area contributed by atoms with Gasteiger partial charge in [-0.05, 0) is 56.1 Å². The molecule has 0 atom stereocenters. The molecule has 0 aromatic heterocycles. The van der Waals surface area contributed by atoms with E-state index in [0.29, 0.717) is 26.0 Å². The van der Waals surface area contributed by atoms with Gasteiger partial charge in [-0.2, -0.15) is 0 Å². The van der Waals surface area contributed by atoms with Crippen LogP contribution in [0.5, 0.6) is 0 Å². The first-order chi connectivity index (χ1) is 13.3. The van der Waals surface area contributed by atoms with Crippen molar-refractivity contribution in [1.29, 1.82) is 0 Å². The summed E-state index contributed by atoms with van der Waals surface area (Å²) < 4.78 is 31.2. The molecule has 0 bridgehead atoms. The first-order valence-electron chi connectivity index (χ1n) is 9.29. The van der Waals surface area contributed by atoms with Gasteiger partial charge in [-0.1, -0.05) is 36.4 Å². The van der Waals surface area contributed by atoms with E-state index in [4.69, 9.17) is 4.74 Å². The van der Waals surface area contributed by atoms with Crippen molar-refractivity contribution in [2.75, 3.05) is 7.05 Å². The topological polar surface area (TPSA) is 84.5 Å². The number of ether oxygens (including phenoxy) is 1. The van der Waals surface area contributed by atoms with Gasteiger partial charge in [0.15, 0.2) is 0 Å². The first-order valence-corrected chi connectivity index (χ1v) is 10.8. The Hall–Kier alpha value is -2.22. The van der Waals surface area contributed by atoms with Crippen LogP contribution >= 0.6 is 0 Å². The molecule has 7 heteroatoms. The molecule has 2 N–H and O–H groups in total. The van der Waals surface area contributed by atoms with Crippen LogP contribution in [-0.2, 0) is 39.1 Å². The van der Waals surface area contributed by atoms with Crippen LogP contribution < -0.4 is 10.0 Å². The molecule has 2 rings (SSSR count). The van der Waals surface area contributed by atoms with Gasteiger partial charge >= 0.3 is 0 Å². The number of sulfonamides is 1. The molecular weight excluding hydrogens is 376 g/mol. The number of hydrogen-bond acceptors (Lipinski definition) is 4. The van der Waals surface area contributed by atoms with Crippen molar-refractivity contribution in [3.8, 4) is 0 Å².